The molecule has 1 aromatic heterocycles. The summed E-state index contributed by atoms with van der Waals surface area (Å²) in [6.07, 6.45) is 1.36. The molecule has 1 aliphatic rings. The van der Waals surface area contributed by atoms with Gasteiger partial charge in [0.15, 0.2) is 0 Å². The molecule has 2 heterocycles. The molecular weight excluding hydrogens is 264 g/mol. The first kappa shape index (κ1) is 14.1. The summed E-state index contributed by atoms with van der Waals surface area (Å²) < 4.78 is 10.5. The molecule has 106 valence electrons. The van der Waals surface area contributed by atoms with Crippen molar-refractivity contribution in [1.29, 1.82) is 0 Å². The maximum absolute atomic E-state index is 11.7. The number of hydrogen-bond donors (Lipinski definition) is 2. The summed E-state index contributed by atoms with van der Waals surface area (Å²) in [6.45, 7) is 5.89. The summed E-state index contributed by atoms with van der Waals surface area (Å²) in [6, 6.07) is 1.79. The number of rotatable bonds is 5. The van der Waals surface area contributed by atoms with Crippen LogP contribution in [-0.4, -0.2) is 31.8 Å². The van der Waals surface area contributed by atoms with Gasteiger partial charge in [0.2, 0.25) is 0 Å². The molecule has 1 saturated heterocycles. The largest absolute Gasteiger partial charge is 0.462 e. The van der Waals surface area contributed by atoms with Crippen molar-refractivity contribution in [2.45, 2.75) is 26.4 Å². The molecule has 3 N–H and O–H groups in total. The van der Waals surface area contributed by atoms with Gasteiger partial charge in [-0.25, -0.2) is 4.79 Å². The lowest BCUT2D eigenvalue weighted by Crippen LogP contribution is -2.20. The van der Waals surface area contributed by atoms with E-state index in [-0.39, 0.29) is 12.1 Å². The van der Waals surface area contributed by atoms with Crippen LogP contribution in [0.4, 0.5) is 10.7 Å². The zero-order valence-electron chi connectivity index (χ0n) is 11.3. The van der Waals surface area contributed by atoms with Crippen molar-refractivity contribution in [3.63, 3.8) is 0 Å². The molecule has 0 aliphatic carbocycles. The van der Waals surface area contributed by atoms with Crippen LogP contribution < -0.4 is 11.1 Å². The van der Waals surface area contributed by atoms with Gasteiger partial charge in [0.05, 0.1) is 23.4 Å². The third-order valence-corrected chi connectivity index (χ3v) is 4.38. The SMILES string of the molecule is CCOC(=O)c1sc(NCC2CCOC2C)cc1N. The molecular formula is C13H20N2O3S. The van der Waals surface area contributed by atoms with Gasteiger partial charge in [-0.15, -0.1) is 11.3 Å². The van der Waals surface area contributed by atoms with Gasteiger partial charge in [-0.1, -0.05) is 0 Å². The zero-order valence-corrected chi connectivity index (χ0v) is 12.1. The van der Waals surface area contributed by atoms with E-state index in [9.17, 15) is 4.79 Å². The molecule has 2 rings (SSSR count). The normalized spacial score (nSPS) is 22.4. The average molecular weight is 284 g/mol. The van der Waals surface area contributed by atoms with E-state index in [0.717, 1.165) is 24.6 Å². The topological polar surface area (TPSA) is 73.6 Å². The molecule has 1 fully saturated rings. The Balaban J connectivity index is 1.94. The summed E-state index contributed by atoms with van der Waals surface area (Å²) in [4.78, 5) is 12.1. The second-order valence-electron chi connectivity index (χ2n) is 4.62. The number of nitrogen functional groups attached to an aromatic ring is 1. The average Bonchev–Trinajstić information content (AvgIpc) is 2.93. The number of esters is 1. The summed E-state index contributed by atoms with van der Waals surface area (Å²) in [5.74, 6) is 0.157. The van der Waals surface area contributed by atoms with Crippen molar-refractivity contribution in [3.8, 4) is 0 Å². The number of nitrogens with two attached hydrogens (primary N) is 1. The third-order valence-electron chi connectivity index (χ3n) is 3.29. The molecule has 0 radical (unpaired) electrons. The minimum atomic E-state index is -0.351. The van der Waals surface area contributed by atoms with E-state index in [1.165, 1.54) is 11.3 Å². The van der Waals surface area contributed by atoms with Crippen LogP contribution in [-0.2, 0) is 9.47 Å². The van der Waals surface area contributed by atoms with E-state index in [2.05, 4.69) is 12.2 Å². The van der Waals surface area contributed by atoms with E-state index < -0.39 is 0 Å². The van der Waals surface area contributed by atoms with E-state index in [0.29, 0.717) is 23.1 Å². The van der Waals surface area contributed by atoms with Crippen molar-refractivity contribution >= 4 is 28.0 Å². The van der Waals surface area contributed by atoms with Crippen LogP contribution in [0.1, 0.15) is 29.9 Å². The number of ether oxygens (including phenoxy) is 2. The Morgan fingerprint density at radius 2 is 2.47 bits per heavy atom. The van der Waals surface area contributed by atoms with Crippen molar-refractivity contribution < 1.29 is 14.3 Å². The smallest absolute Gasteiger partial charge is 0.350 e. The number of nitrogens with one attached hydrogen (secondary N) is 1. The lowest BCUT2D eigenvalue weighted by molar-refractivity contribution is 0.0533. The van der Waals surface area contributed by atoms with Crippen LogP contribution in [0, 0.1) is 5.92 Å². The first-order valence-corrected chi connectivity index (χ1v) is 7.35. The molecule has 0 spiro atoms. The fourth-order valence-corrected chi connectivity index (χ4v) is 3.00. The van der Waals surface area contributed by atoms with Crippen LogP contribution in [0.2, 0.25) is 0 Å². The van der Waals surface area contributed by atoms with Crippen molar-refractivity contribution in [1.82, 2.24) is 0 Å². The number of thiophene rings is 1. The van der Waals surface area contributed by atoms with Gasteiger partial charge in [0.1, 0.15) is 4.88 Å². The highest BCUT2D eigenvalue weighted by Gasteiger charge is 2.24. The molecule has 0 aromatic carbocycles. The molecule has 0 saturated carbocycles. The Morgan fingerprint density at radius 1 is 1.68 bits per heavy atom. The summed E-state index contributed by atoms with van der Waals surface area (Å²) in [5.41, 5.74) is 6.30. The van der Waals surface area contributed by atoms with Crippen LogP contribution >= 0.6 is 11.3 Å². The Kier molecular flexibility index (Phi) is 4.66. The van der Waals surface area contributed by atoms with Crippen LogP contribution in [0.15, 0.2) is 6.07 Å². The van der Waals surface area contributed by atoms with E-state index in [1.807, 2.05) is 0 Å². The fraction of sp³-hybridized carbons (Fsp3) is 0.615. The fourth-order valence-electron chi connectivity index (χ4n) is 2.12. The minimum Gasteiger partial charge on any atom is -0.462 e. The Labute approximate surface area is 117 Å². The van der Waals surface area contributed by atoms with Gasteiger partial charge >= 0.3 is 5.97 Å². The standard InChI is InChI=1S/C13H20N2O3S/c1-3-17-13(16)12-10(14)6-11(19-12)15-7-9-4-5-18-8(9)2/h6,8-9,15H,3-5,7,14H2,1-2H3. The Bertz CT molecular complexity index is 447. The molecule has 19 heavy (non-hydrogen) atoms. The predicted molar refractivity (Wildman–Crippen MR) is 76.7 cm³/mol. The van der Waals surface area contributed by atoms with Gasteiger partial charge in [0.25, 0.3) is 0 Å². The van der Waals surface area contributed by atoms with Crippen LogP contribution in [0.25, 0.3) is 0 Å². The monoisotopic (exact) mass is 284 g/mol. The molecule has 5 nitrogen and oxygen atoms in total. The third kappa shape index (κ3) is 3.39. The molecule has 0 bridgehead atoms. The van der Waals surface area contributed by atoms with Crippen molar-refractivity contribution in [2.24, 2.45) is 5.92 Å². The molecule has 2 atom stereocenters. The lowest BCUT2D eigenvalue weighted by atomic mass is 10.0. The summed E-state index contributed by atoms with van der Waals surface area (Å²) in [5, 5.41) is 4.23. The maximum Gasteiger partial charge on any atom is 0.350 e. The van der Waals surface area contributed by atoms with Crippen molar-refractivity contribution in [2.75, 3.05) is 30.8 Å². The van der Waals surface area contributed by atoms with Gasteiger partial charge in [0, 0.05) is 19.1 Å². The second-order valence-corrected chi connectivity index (χ2v) is 5.67. The number of carbonyl (C=O) groups is 1. The van der Waals surface area contributed by atoms with Gasteiger partial charge in [-0.2, -0.15) is 0 Å². The molecule has 0 amide bonds. The highest BCUT2D eigenvalue weighted by Crippen LogP contribution is 2.31. The highest BCUT2D eigenvalue weighted by atomic mass is 32.1. The number of carbonyl (C=O) groups excluding carboxylic acids is 1. The predicted octanol–water partition coefficient (Wildman–Crippen LogP) is 2.34. The number of hydrogen-bond acceptors (Lipinski definition) is 6. The molecule has 1 aliphatic heterocycles. The molecule has 2 unspecified atom stereocenters. The van der Waals surface area contributed by atoms with E-state index >= 15 is 0 Å². The second kappa shape index (κ2) is 6.25. The molecule has 1 aromatic rings. The van der Waals surface area contributed by atoms with E-state index in [4.69, 9.17) is 15.2 Å². The lowest BCUT2D eigenvalue weighted by Gasteiger charge is -2.14. The van der Waals surface area contributed by atoms with Crippen LogP contribution in [0.3, 0.4) is 0 Å². The van der Waals surface area contributed by atoms with Crippen LogP contribution in [0.5, 0.6) is 0 Å². The first-order chi connectivity index (χ1) is 9.11. The minimum absolute atomic E-state index is 0.286. The molecule has 6 heteroatoms. The van der Waals surface area contributed by atoms with Gasteiger partial charge in [-0.05, 0) is 26.3 Å². The quantitative estimate of drug-likeness (QED) is 0.812. The zero-order chi connectivity index (χ0) is 13.8. The van der Waals surface area contributed by atoms with Crippen molar-refractivity contribution in [3.05, 3.63) is 10.9 Å². The van der Waals surface area contributed by atoms with Gasteiger partial charge < -0.3 is 20.5 Å². The van der Waals surface area contributed by atoms with E-state index in [1.54, 1.807) is 13.0 Å². The maximum atomic E-state index is 11.7. The highest BCUT2D eigenvalue weighted by molar-refractivity contribution is 7.18. The van der Waals surface area contributed by atoms with Gasteiger partial charge in [-0.3, -0.25) is 0 Å². The first-order valence-electron chi connectivity index (χ1n) is 6.53. The summed E-state index contributed by atoms with van der Waals surface area (Å²) in [7, 11) is 0. The number of anilines is 2. The summed E-state index contributed by atoms with van der Waals surface area (Å²) >= 11 is 1.34. The Hall–Kier alpha value is -1.27. The Morgan fingerprint density at radius 3 is 3.11 bits per heavy atom.